The Bertz CT molecular complexity index is 930. The van der Waals surface area contributed by atoms with Crippen LogP contribution in [0.4, 0.5) is 0 Å². The number of aldehydes is 1. The SMILES string of the molecule is CC1ON(C)C(c2ccccc2)C1(C=O)c1ccccc1.O=C(O)c1ccon1. The van der Waals surface area contributed by atoms with E-state index in [4.69, 9.17) is 9.94 Å². The van der Waals surface area contributed by atoms with Crippen molar-refractivity contribution in [3.63, 3.8) is 0 Å². The number of nitrogens with zero attached hydrogens (tertiary/aromatic N) is 2. The number of hydroxylamine groups is 2. The molecule has 1 saturated heterocycles. The highest BCUT2D eigenvalue weighted by molar-refractivity contribution is 5.84. The largest absolute Gasteiger partial charge is 0.476 e. The molecular weight excluding hydrogens is 372 g/mol. The number of aromatic carboxylic acids is 1. The van der Waals surface area contributed by atoms with Crippen LogP contribution in [0.25, 0.3) is 0 Å². The summed E-state index contributed by atoms with van der Waals surface area (Å²) in [6.45, 7) is 1.96. The zero-order valence-electron chi connectivity index (χ0n) is 16.1. The number of rotatable bonds is 4. The van der Waals surface area contributed by atoms with E-state index < -0.39 is 11.4 Å². The maximum absolute atomic E-state index is 12.2. The first kappa shape index (κ1) is 20.4. The summed E-state index contributed by atoms with van der Waals surface area (Å²) in [7, 11) is 1.89. The number of carboxylic acid groups (broad SMARTS) is 1. The Labute approximate surface area is 168 Å². The van der Waals surface area contributed by atoms with Gasteiger partial charge in [0.2, 0.25) is 0 Å². The van der Waals surface area contributed by atoms with Gasteiger partial charge < -0.3 is 14.4 Å². The minimum absolute atomic E-state index is 0.0648. The van der Waals surface area contributed by atoms with Crippen molar-refractivity contribution in [3.05, 3.63) is 89.8 Å². The standard InChI is InChI=1S/C18H19NO2.C4H3NO3/c1-14-18(13-20,16-11-7-4-8-12-16)17(19(2)21-14)15-9-5-3-6-10-15;6-4(7)3-1-2-8-5-3/h3-14,17H,1-2H3;1-2H,(H,6,7). The van der Waals surface area contributed by atoms with Crippen LogP contribution < -0.4 is 0 Å². The van der Waals surface area contributed by atoms with Gasteiger partial charge in [0.05, 0.1) is 12.1 Å². The zero-order valence-corrected chi connectivity index (χ0v) is 16.1. The molecule has 1 aliphatic rings. The van der Waals surface area contributed by atoms with E-state index in [2.05, 4.69) is 9.68 Å². The van der Waals surface area contributed by atoms with Crippen LogP contribution in [-0.4, -0.2) is 40.7 Å². The van der Waals surface area contributed by atoms with E-state index in [0.29, 0.717) is 0 Å². The van der Waals surface area contributed by atoms with Crippen LogP contribution >= 0.6 is 0 Å². The first-order chi connectivity index (χ1) is 14.0. The Morgan fingerprint density at radius 2 is 1.72 bits per heavy atom. The van der Waals surface area contributed by atoms with Crippen molar-refractivity contribution < 1.29 is 24.1 Å². The molecular formula is C22H22N2O5. The fourth-order valence-electron chi connectivity index (χ4n) is 3.71. The van der Waals surface area contributed by atoms with E-state index >= 15 is 0 Å². The Balaban J connectivity index is 0.000000252. The molecule has 0 bridgehead atoms. The van der Waals surface area contributed by atoms with Gasteiger partial charge in [0, 0.05) is 13.1 Å². The molecule has 1 fully saturated rings. The van der Waals surface area contributed by atoms with Gasteiger partial charge in [0.25, 0.3) is 0 Å². The molecule has 150 valence electrons. The third-order valence-electron chi connectivity index (χ3n) is 5.05. The van der Waals surface area contributed by atoms with Crippen molar-refractivity contribution in [2.45, 2.75) is 24.5 Å². The molecule has 3 unspecified atom stereocenters. The maximum atomic E-state index is 12.2. The second-order valence-electron chi connectivity index (χ2n) is 6.71. The Hall–Kier alpha value is -3.29. The lowest BCUT2D eigenvalue weighted by Gasteiger charge is -2.32. The van der Waals surface area contributed by atoms with Gasteiger partial charge in [-0.3, -0.25) is 4.84 Å². The fraction of sp³-hybridized carbons (Fsp3) is 0.227. The lowest BCUT2D eigenvalue weighted by atomic mass is 9.70. The Kier molecular flexibility index (Phi) is 6.21. The van der Waals surface area contributed by atoms with Gasteiger partial charge in [-0.15, -0.1) is 0 Å². The van der Waals surface area contributed by atoms with Gasteiger partial charge in [0.1, 0.15) is 18.0 Å². The molecule has 2 aromatic carbocycles. The van der Waals surface area contributed by atoms with Crippen LogP contribution in [0.1, 0.15) is 34.6 Å². The highest BCUT2D eigenvalue weighted by Crippen LogP contribution is 2.48. The zero-order chi connectivity index (χ0) is 20.9. The molecule has 1 aliphatic heterocycles. The second kappa shape index (κ2) is 8.81. The topological polar surface area (TPSA) is 92.9 Å². The van der Waals surface area contributed by atoms with Gasteiger partial charge in [-0.25, -0.2) is 4.79 Å². The van der Waals surface area contributed by atoms with E-state index in [9.17, 15) is 9.59 Å². The summed E-state index contributed by atoms with van der Waals surface area (Å²) in [5.74, 6) is -1.07. The first-order valence-electron chi connectivity index (χ1n) is 9.10. The van der Waals surface area contributed by atoms with E-state index in [-0.39, 0.29) is 17.8 Å². The molecule has 0 aliphatic carbocycles. The normalized spacial score (nSPS) is 23.8. The summed E-state index contributed by atoms with van der Waals surface area (Å²) in [6.07, 6.45) is 2.05. The third-order valence-corrected chi connectivity index (χ3v) is 5.05. The first-order valence-corrected chi connectivity index (χ1v) is 9.10. The molecule has 0 saturated carbocycles. The number of hydrogen-bond acceptors (Lipinski definition) is 6. The van der Waals surface area contributed by atoms with Gasteiger partial charge >= 0.3 is 5.97 Å². The highest BCUT2D eigenvalue weighted by Gasteiger charge is 2.54. The number of carboxylic acids is 1. The van der Waals surface area contributed by atoms with Crippen LogP contribution in [0.15, 0.2) is 77.5 Å². The van der Waals surface area contributed by atoms with Gasteiger partial charge in [-0.1, -0.05) is 65.8 Å². The molecule has 3 aromatic rings. The smallest absolute Gasteiger partial charge is 0.358 e. The predicted octanol–water partition coefficient (Wildman–Crippen LogP) is 3.50. The number of likely N-dealkylation sites (N-methyl/N-ethyl adjacent to an activating group) is 1. The monoisotopic (exact) mass is 394 g/mol. The van der Waals surface area contributed by atoms with Gasteiger partial charge in [-0.05, 0) is 18.1 Å². The minimum Gasteiger partial charge on any atom is -0.476 e. The average Bonchev–Trinajstić information content (AvgIpc) is 3.36. The van der Waals surface area contributed by atoms with Crippen molar-refractivity contribution >= 4 is 12.3 Å². The van der Waals surface area contributed by atoms with Crippen LogP contribution in [0, 0.1) is 0 Å². The molecule has 4 rings (SSSR count). The predicted molar refractivity (Wildman–Crippen MR) is 105 cm³/mol. The van der Waals surface area contributed by atoms with E-state index in [1.807, 2.05) is 74.6 Å². The molecule has 1 aromatic heterocycles. The maximum Gasteiger partial charge on any atom is 0.358 e. The quantitative estimate of drug-likeness (QED) is 0.677. The van der Waals surface area contributed by atoms with Crippen molar-refractivity contribution in [2.75, 3.05) is 7.05 Å². The molecule has 1 N–H and O–H groups in total. The molecule has 29 heavy (non-hydrogen) atoms. The Morgan fingerprint density at radius 3 is 2.21 bits per heavy atom. The molecule has 0 spiro atoms. The lowest BCUT2D eigenvalue weighted by Crippen LogP contribution is -2.41. The molecule has 2 heterocycles. The summed E-state index contributed by atoms with van der Waals surface area (Å²) in [4.78, 5) is 28.0. The highest BCUT2D eigenvalue weighted by atomic mass is 16.7. The van der Waals surface area contributed by atoms with Crippen LogP contribution in [0.5, 0.6) is 0 Å². The van der Waals surface area contributed by atoms with Crippen LogP contribution in [0.2, 0.25) is 0 Å². The molecule has 7 heteroatoms. The number of hydrogen-bond donors (Lipinski definition) is 1. The van der Waals surface area contributed by atoms with Crippen LogP contribution in [-0.2, 0) is 15.0 Å². The van der Waals surface area contributed by atoms with E-state index in [0.717, 1.165) is 17.4 Å². The van der Waals surface area contributed by atoms with Crippen molar-refractivity contribution in [1.82, 2.24) is 10.2 Å². The molecule has 7 nitrogen and oxygen atoms in total. The summed E-state index contributed by atoms with van der Waals surface area (Å²) in [5, 5.41) is 13.1. The molecule has 0 amide bonds. The Morgan fingerprint density at radius 1 is 1.10 bits per heavy atom. The number of carbonyl (C=O) groups is 2. The van der Waals surface area contributed by atoms with E-state index in [1.165, 1.54) is 12.3 Å². The fourth-order valence-corrected chi connectivity index (χ4v) is 3.71. The second-order valence-corrected chi connectivity index (χ2v) is 6.71. The molecule has 3 atom stereocenters. The number of carbonyl (C=O) groups excluding carboxylic acids is 1. The lowest BCUT2D eigenvalue weighted by molar-refractivity contribution is -0.140. The molecule has 0 radical (unpaired) electrons. The number of aromatic nitrogens is 1. The van der Waals surface area contributed by atoms with Crippen LogP contribution in [0.3, 0.4) is 0 Å². The third kappa shape index (κ3) is 3.96. The van der Waals surface area contributed by atoms with E-state index in [1.54, 1.807) is 5.06 Å². The van der Waals surface area contributed by atoms with Gasteiger partial charge in [0.15, 0.2) is 5.69 Å². The average molecular weight is 394 g/mol. The summed E-state index contributed by atoms with van der Waals surface area (Å²) >= 11 is 0. The van der Waals surface area contributed by atoms with Crippen molar-refractivity contribution in [2.24, 2.45) is 0 Å². The summed E-state index contributed by atoms with van der Waals surface area (Å²) < 4.78 is 4.24. The van der Waals surface area contributed by atoms with Crippen molar-refractivity contribution in [1.29, 1.82) is 0 Å². The summed E-state index contributed by atoms with van der Waals surface area (Å²) in [6, 6.07) is 21.1. The van der Waals surface area contributed by atoms with Crippen molar-refractivity contribution in [3.8, 4) is 0 Å². The minimum atomic E-state index is -1.07. The number of benzene rings is 2. The van der Waals surface area contributed by atoms with Gasteiger partial charge in [-0.2, -0.15) is 5.06 Å². The summed E-state index contributed by atoms with van der Waals surface area (Å²) in [5.41, 5.74) is 1.31.